The molecule has 4 nitrogen and oxygen atoms in total. The highest BCUT2D eigenvalue weighted by atomic mass is 15.1. The van der Waals surface area contributed by atoms with Crippen molar-refractivity contribution in [3.8, 4) is 11.1 Å². The zero-order chi connectivity index (χ0) is 35.9. The quantitative estimate of drug-likeness (QED) is 0.132. The summed E-state index contributed by atoms with van der Waals surface area (Å²) in [6, 6.07) is 21.9. The summed E-state index contributed by atoms with van der Waals surface area (Å²) in [5.74, 6) is 1.40. The fourth-order valence-electron chi connectivity index (χ4n) is 8.52. The Hall–Kier alpha value is -5.09. The summed E-state index contributed by atoms with van der Waals surface area (Å²) in [7, 11) is 0. The van der Waals surface area contributed by atoms with E-state index in [2.05, 4.69) is 112 Å². The van der Waals surface area contributed by atoms with Gasteiger partial charge in [0.15, 0.2) is 5.84 Å². The van der Waals surface area contributed by atoms with E-state index in [0.717, 1.165) is 49.1 Å². The summed E-state index contributed by atoms with van der Waals surface area (Å²) in [5, 5.41) is 0. The fraction of sp³-hybridized carbons (Fsp3) is 0.298. The summed E-state index contributed by atoms with van der Waals surface area (Å²) in [6.45, 7) is 22.1. The number of rotatable bonds is 8. The van der Waals surface area contributed by atoms with Crippen LogP contribution in [0.5, 0.6) is 0 Å². The van der Waals surface area contributed by atoms with E-state index in [4.69, 9.17) is 9.98 Å². The molecule has 0 aliphatic heterocycles. The Labute approximate surface area is 304 Å². The molecule has 3 aliphatic carbocycles. The minimum atomic E-state index is -0.0914. The molecule has 1 heterocycles. The Kier molecular flexibility index (Phi) is 9.37. The van der Waals surface area contributed by atoms with Gasteiger partial charge in [0, 0.05) is 45.4 Å². The number of allylic oxidation sites excluding steroid dienone is 3. The molecule has 1 aromatic heterocycles. The number of hydrogen-bond donors (Lipinski definition) is 0. The van der Waals surface area contributed by atoms with E-state index in [9.17, 15) is 0 Å². The molecule has 51 heavy (non-hydrogen) atoms. The molecule has 0 bridgehead atoms. The highest BCUT2D eigenvalue weighted by Crippen LogP contribution is 2.52. The lowest BCUT2D eigenvalue weighted by atomic mass is 9.80. The maximum Gasteiger partial charge on any atom is 0.161 e. The van der Waals surface area contributed by atoms with Crippen LogP contribution in [0.3, 0.4) is 0 Å². The van der Waals surface area contributed by atoms with Gasteiger partial charge in [0.05, 0.1) is 5.69 Å². The molecule has 4 aromatic rings. The number of fused-ring (bicyclic) bond motifs is 4. The predicted molar refractivity (Wildman–Crippen MR) is 221 cm³/mol. The molecule has 3 aromatic carbocycles. The number of amidine groups is 1. The minimum absolute atomic E-state index is 0.0914. The Balaban J connectivity index is 1.30. The van der Waals surface area contributed by atoms with Crippen molar-refractivity contribution >= 4 is 47.0 Å². The molecule has 0 fully saturated rings. The molecule has 0 unspecified atom stereocenters. The van der Waals surface area contributed by atoms with Crippen LogP contribution < -0.4 is 0 Å². The smallest absolute Gasteiger partial charge is 0.161 e. The van der Waals surface area contributed by atoms with Crippen LogP contribution in [0.15, 0.2) is 100 Å². The van der Waals surface area contributed by atoms with Crippen molar-refractivity contribution in [2.24, 2.45) is 15.0 Å². The lowest BCUT2D eigenvalue weighted by molar-refractivity contribution is 0.660. The van der Waals surface area contributed by atoms with Crippen LogP contribution in [0, 0.1) is 6.92 Å². The lowest BCUT2D eigenvalue weighted by Crippen LogP contribution is -2.15. The maximum absolute atomic E-state index is 5.20. The summed E-state index contributed by atoms with van der Waals surface area (Å²) < 4.78 is 2.29. The Bertz CT molecular complexity index is 2210. The van der Waals surface area contributed by atoms with Crippen molar-refractivity contribution in [3.63, 3.8) is 0 Å². The molecule has 7 rings (SSSR count). The van der Waals surface area contributed by atoms with Gasteiger partial charge >= 0.3 is 0 Å². The second-order valence-electron chi connectivity index (χ2n) is 14.6. The third kappa shape index (κ3) is 6.05. The van der Waals surface area contributed by atoms with Gasteiger partial charge in [-0.3, -0.25) is 4.99 Å². The Morgan fingerprint density at radius 3 is 2.47 bits per heavy atom. The van der Waals surface area contributed by atoms with E-state index in [1.807, 2.05) is 37.4 Å². The van der Waals surface area contributed by atoms with Crippen molar-refractivity contribution < 1.29 is 0 Å². The van der Waals surface area contributed by atoms with E-state index in [1.54, 1.807) is 0 Å². The molecule has 0 saturated heterocycles. The minimum Gasteiger partial charge on any atom is -0.302 e. The van der Waals surface area contributed by atoms with Gasteiger partial charge in [-0.2, -0.15) is 0 Å². The number of aliphatic imine (C=N–C) groups is 3. The van der Waals surface area contributed by atoms with Crippen LogP contribution in [0.25, 0.3) is 34.7 Å². The number of aromatic nitrogens is 1. The van der Waals surface area contributed by atoms with Crippen LogP contribution in [-0.4, -0.2) is 22.3 Å². The topological polar surface area (TPSA) is 42.0 Å². The van der Waals surface area contributed by atoms with Crippen LogP contribution in [0.4, 0.5) is 5.69 Å². The van der Waals surface area contributed by atoms with Crippen LogP contribution in [0.1, 0.15) is 117 Å². The summed E-state index contributed by atoms with van der Waals surface area (Å²) in [5.41, 5.74) is 18.5. The van der Waals surface area contributed by atoms with Gasteiger partial charge in [-0.15, -0.1) is 0 Å². The van der Waals surface area contributed by atoms with Crippen molar-refractivity contribution in [3.05, 3.63) is 136 Å². The van der Waals surface area contributed by atoms with E-state index < -0.39 is 0 Å². The number of benzene rings is 3. The third-order valence-electron chi connectivity index (χ3n) is 11.2. The molecular formula is C47H50N4. The SMILES string of the molecule is C=Cc1c2c(n(C(=C)/N=C(\N=C(/C)C3=CCCCC3)c3ccccc3)c1CC)CCC(c1ccc3c(c1)C(C)(C)c1ccc(/N=C\C)c(C)c1-3)=C2. The molecule has 4 heteroatoms. The largest absolute Gasteiger partial charge is 0.302 e. The molecule has 258 valence electrons. The van der Waals surface area contributed by atoms with Crippen LogP contribution in [-0.2, 0) is 18.3 Å². The molecule has 0 N–H and O–H groups in total. The van der Waals surface area contributed by atoms with Gasteiger partial charge < -0.3 is 4.57 Å². The first kappa shape index (κ1) is 34.4. The second-order valence-corrected chi connectivity index (χ2v) is 14.6. The summed E-state index contributed by atoms with van der Waals surface area (Å²) >= 11 is 0. The van der Waals surface area contributed by atoms with Gasteiger partial charge in [-0.25, -0.2) is 9.98 Å². The van der Waals surface area contributed by atoms with Crippen molar-refractivity contribution in [1.29, 1.82) is 0 Å². The van der Waals surface area contributed by atoms with Crippen LogP contribution >= 0.6 is 0 Å². The van der Waals surface area contributed by atoms with E-state index in [0.29, 0.717) is 11.7 Å². The third-order valence-corrected chi connectivity index (χ3v) is 11.2. The Morgan fingerprint density at radius 1 is 0.961 bits per heavy atom. The van der Waals surface area contributed by atoms with Gasteiger partial charge in [-0.05, 0) is 128 Å². The fourth-order valence-corrected chi connectivity index (χ4v) is 8.52. The first-order chi connectivity index (χ1) is 24.7. The standard InChI is InChI=1S/C47H50N4/c1-9-37-39-28-35(36-22-24-38-41(29-36)47(7,8)40-25-26-42(48-11-3)30(4)45(38)40)23-27-44(39)51(43(37)10-2)32(6)50-46(34-20-16-13-17-21-34)49-31(5)33-18-14-12-15-19-33/h9,11,13,16-18,20-22,24-26,28-29H,1,6,10,12,14-15,19,23,27H2,2-5,7-8H3/b48-11-,49-31+,50-46-. The zero-order valence-corrected chi connectivity index (χ0v) is 31.2. The molecule has 0 amide bonds. The average Bonchev–Trinajstić information content (AvgIpc) is 3.60. The molecule has 0 spiro atoms. The highest BCUT2D eigenvalue weighted by Gasteiger charge is 2.37. The number of hydrogen-bond acceptors (Lipinski definition) is 2. The predicted octanol–water partition coefficient (Wildman–Crippen LogP) is 12.4. The first-order valence-electron chi connectivity index (χ1n) is 18.6. The van der Waals surface area contributed by atoms with E-state index in [1.165, 1.54) is 79.9 Å². The molecule has 3 aliphatic rings. The second kappa shape index (κ2) is 13.9. The molecular weight excluding hydrogens is 621 g/mol. The van der Waals surface area contributed by atoms with E-state index in [-0.39, 0.29) is 5.41 Å². The van der Waals surface area contributed by atoms with Gasteiger partial charge in [0.25, 0.3) is 0 Å². The van der Waals surface area contributed by atoms with Gasteiger partial charge in [0.2, 0.25) is 0 Å². The van der Waals surface area contributed by atoms with Crippen molar-refractivity contribution in [2.75, 3.05) is 0 Å². The zero-order valence-electron chi connectivity index (χ0n) is 31.2. The molecule has 0 saturated carbocycles. The lowest BCUT2D eigenvalue weighted by Gasteiger charge is -2.23. The average molecular weight is 671 g/mol. The first-order valence-corrected chi connectivity index (χ1v) is 18.6. The normalized spacial score (nSPS) is 16.7. The van der Waals surface area contributed by atoms with Crippen molar-refractivity contribution in [1.82, 2.24) is 4.57 Å². The number of nitrogens with zero attached hydrogens (tertiary/aromatic N) is 4. The van der Waals surface area contributed by atoms with Crippen LogP contribution in [0.2, 0.25) is 0 Å². The monoisotopic (exact) mass is 670 g/mol. The van der Waals surface area contributed by atoms with Gasteiger partial charge in [-0.1, -0.05) is 94.6 Å². The molecule has 0 radical (unpaired) electrons. The highest BCUT2D eigenvalue weighted by molar-refractivity contribution is 6.12. The summed E-state index contributed by atoms with van der Waals surface area (Å²) in [6.07, 6.45) is 16.0. The van der Waals surface area contributed by atoms with Gasteiger partial charge in [0.1, 0.15) is 5.82 Å². The van der Waals surface area contributed by atoms with E-state index >= 15 is 0 Å². The summed E-state index contributed by atoms with van der Waals surface area (Å²) in [4.78, 5) is 15.0. The molecule has 0 atom stereocenters. The Morgan fingerprint density at radius 2 is 1.76 bits per heavy atom. The maximum atomic E-state index is 5.20. The van der Waals surface area contributed by atoms with Crippen molar-refractivity contribution in [2.45, 2.75) is 91.9 Å².